The summed E-state index contributed by atoms with van der Waals surface area (Å²) < 4.78 is 6.06. The highest BCUT2D eigenvalue weighted by Gasteiger charge is 2.33. The number of benzene rings is 1. The first-order chi connectivity index (χ1) is 9.82. The van der Waals surface area contributed by atoms with Crippen molar-refractivity contribution in [3.63, 3.8) is 0 Å². The van der Waals surface area contributed by atoms with E-state index in [1.54, 1.807) is 6.07 Å². The fourth-order valence-corrected chi connectivity index (χ4v) is 3.05. The van der Waals surface area contributed by atoms with Crippen LogP contribution < -0.4 is 4.74 Å². The van der Waals surface area contributed by atoms with Crippen molar-refractivity contribution in [3.8, 4) is 5.75 Å². The second-order valence-corrected chi connectivity index (χ2v) is 6.41. The van der Waals surface area contributed by atoms with Crippen molar-refractivity contribution in [2.24, 2.45) is 0 Å². The minimum atomic E-state index is -0.934. The molecule has 0 aliphatic heterocycles. The zero-order valence-corrected chi connectivity index (χ0v) is 13.3. The van der Waals surface area contributed by atoms with Crippen LogP contribution in [0.1, 0.15) is 44.3 Å². The summed E-state index contributed by atoms with van der Waals surface area (Å²) >= 11 is 3.19. The van der Waals surface area contributed by atoms with Gasteiger partial charge >= 0.3 is 5.69 Å². The molecule has 2 N–H and O–H groups in total. The molecule has 1 saturated carbocycles. The van der Waals surface area contributed by atoms with E-state index < -0.39 is 16.6 Å². The van der Waals surface area contributed by atoms with Gasteiger partial charge in [-0.2, -0.15) is 0 Å². The lowest BCUT2D eigenvalue weighted by molar-refractivity contribution is -0.386. The molecule has 1 aliphatic rings. The minimum absolute atomic E-state index is 0.00477. The van der Waals surface area contributed by atoms with E-state index in [-0.39, 0.29) is 18.0 Å². The quantitative estimate of drug-likeness (QED) is 0.622. The van der Waals surface area contributed by atoms with E-state index in [0.29, 0.717) is 22.9 Å². The lowest BCUT2D eigenvalue weighted by Gasteiger charge is -2.23. The zero-order valence-electron chi connectivity index (χ0n) is 11.7. The number of aliphatic hydroxyl groups excluding tert-OH is 1. The summed E-state index contributed by atoms with van der Waals surface area (Å²) in [7, 11) is 0. The normalized spacial score (nSPS) is 18.5. The van der Waals surface area contributed by atoms with Crippen LogP contribution in [0.15, 0.2) is 16.6 Å². The van der Waals surface area contributed by atoms with E-state index in [1.165, 1.54) is 13.0 Å². The number of rotatable bonds is 5. The summed E-state index contributed by atoms with van der Waals surface area (Å²) in [6, 6.07) is 2.92. The topological polar surface area (TPSA) is 92.8 Å². The van der Waals surface area contributed by atoms with Crippen LogP contribution in [-0.4, -0.2) is 27.3 Å². The highest BCUT2D eigenvalue weighted by atomic mass is 79.9. The predicted molar refractivity (Wildman–Crippen MR) is 80.3 cm³/mol. The largest absolute Gasteiger partial charge is 0.483 e. The Labute approximate surface area is 131 Å². The Morgan fingerprint density at radius 1 is 1.48 bits per heavy atom. The molecular formula is C14H18BrNO5. The zero-order chi connectivity index (χ0) is 15.6. The SMILES string of the molecule is C[C@@H](O)c1cc(Br)cc([N+](=O)[O-])c1OCC1(O)CCCC1. The molecule has 1 fully saturated rings. The second-order valence-electron chi connectivity index (χ2n) is 5.50. The Bertz CT molecular complexity index is 540. The average Bonchev–Trinajstić information content (AvgIpc) is 2.83. The number of hydrogen-bond donors (Lipinski definition) is 2. The summed E-state index contributed by atoms with van der Waals surface area (Å²) in [5.74, 6) is 0.0264. The first-order valence-corrected chi connectivity index (χ1v) is 7.63. The van der Waals surface area contributed by atoms with Crippen LogP contribution in [0.2, 0.25) is 0 Å². The molecule has 1 aromatic carbocycles. The lowest BCUT2D eigenvalue weighted by atomic mass is 10.0. The summed E-state index contributed by atoms with van der Waals surface area (Å²) in [4.78, 5) is 10.6. The molecule has 0 radical (unpaired) electrons. The third kappa shape index (κ3) is 3.72. The third-order valence-corrected chi connectivity index (χ3v) is 4.19. The van der Waals surface area contributed by atoms with Gasteiger partial charge in [0, 0.05) is 16.1 Å². The Hall–Kier alpha value is -1.18. The van der Waals surface area contributed by atoms with Crippen molar-refractivity contribution in [2.45, 2.75) is 44.3 Å². The summed E-state index contributed by atoms with van der Waals surface area (Å²) in [6.07, 6.45) is 2.19. The maximum Gasteiger partial charge on any atom is 0.312 e. The number of nitro benzene ring substituents is 1. The minimum Gasteiger partial charge on any atom is -0.483 e. The number of halogens is 1. The summed E-state index contributed by atoms with van der Waals surface area (Å²) in [6.45, 7) is 1.51. The van der Waals surface area contributed by atoms with Crippen LogP contribution >= 0.6 is 15.9 Å². The predicted octanol–water partition coefficient (Wildman–Crippen LogP) is 3.09. The van der Waals surface area contributed by atoms with Gasteiger partial charge in [-0.25, -0.2) is 0 Å². The fraction of sp³-hybridized carbons (Fsp3) is 0.571. The molecule has 116 valence electrons. The van der Waals surface area contributed by atoms with Crippen LogP contribution in [0.3, 0.4) is 0 Å². The smallest absolute Gasteiger partial charge is 0.312 e. The van der Waals surface area contributed by atoms with E-state index in [4.69, 9.17) is 4.74 Å². The van der Waals surface area contributed by atoms with Crippen molar-refractivity contribution in [1.82, 2.24) is 0 Å². The van der Waals surface area contributed by atoms with E-state index in [1.807, 2.05) is 0 Å². The molecule has 0 saturated heterocycles. The van der Waals surface area contributed by atoms with Gasteiger partial charge in [0.05, 0.1) is 16.6 Å². The molecule has 2 rings (SSSR count). The van der Waals surface area contributed by atoms with Gasteiger partial charge in [-0.15, -0.1) is 0 Å². The molecule has 0 amide bonds. The van der Waals surface area contributed by atoms with Gasteiger partial charge in [-0.3, -0.25) is 10.1 Å². The second kappa shape index (κ2) is 6.29. The van der Waals surface area contributed by atoms with Crippen LogP contribution in [0.5, 0.6) is 5.75 Å². The van der Waals surface area contributed by atoms with Gasteiger partial charge in [-0.05, 0) is 25.8 Å². The molecule has 7 heteroatoms. The first kappa shape index (κ1) is 16.2. The number of hydrogen-bond acceptors (Lipinski definition) is 5. The maximum absolute atomic E-state index is 11.2. The van der Waals surface area contributed by atoms with Crippen molar-refractivity contribution in [1.29, 1.82) is 0 Å². The van der Waals surface area contributed by atoms with Crippen molar-refractivity contribution < 1.29 is 19.9 Å². The standard InChI is InChI=1S/C14H18BrNO5/c1-9(17)11-6-10(15)7-12(16(19)20)13(11)21-8-14(18)4-2-3-5-14/h6-7,9,17-18H,2-5,8H2,1H3/t9-/m1/s1. The number of nitro groups is 1. The van der Waals surface area contributed by atoms with E-state index in [9.17, 15) is 20.3 Å². The number of ether oxygens (including phenoxy) is 1. The molecule has 0 unspecified atom stereocenters. The van der Waals surface area contributed by atoms with Gasteiger partial charge in [0.2, 0.25) is 5.75 Å². The number of aliphatic hydroxyl groups is 2. The van der Waals surface area contributed by atoms with Gasteiger partial charge in [0.25, 0.3) is 0 Å². The molecule has 1 aromatic rings. The third-order valence-electron chi connectivity index (χ3n) is 3.73. The van der Waals surface area contributed by atoms with Gasteiger partial charge in [-0.1, -0.05) is 28.8 Å². The van der Waals surface area contributed by atoms with E-state index in [2.05, 4.69) is 15.9 Å². The molecular weight excluding hydrogens is 342 g/mol. The Kier molecular flexibility index (Phi) is 4.85. The molecule has 0 heterocycles. The monoisotopic (exact) mass is 359 g/mol. The van der Waals surface area contributed by atoms with Gasteiger partial charge in [0.1, 0.15) is 6.61 Å². The highest BCUT2D eigenvalue weighted by Crippen LogP contribution is 2.39. The van der Waals surface area contributed by atoms with Crippen LogP contribution in [0.25, 0.3) is 0 Å². The molecule has 0 bridgehead atoms. The van der Waals surface area contributed by atoms with E-state index >= 15 is 0 Å². The summed E-state index contributed by atoms with van der Waals surface area (Å²) in [5, 5.41) is 31.3. The van der Waals surface area contributed by atoms with Crippen LogP contribution in [-0.2, 0) is 0 Å². The maximum atomic E-state index is 11.2. The first-order valence-electron chi connectivity index (χ1n) is 6.83. The number of nitrogens with zero attached hydrogens (tertiary/aromatic N) is 1. The van der Waals surface area contributed by atoms with E-state index in [0.717, 1.165) is 12.8 Å². The van der Waals surface area contributed by atoms with Gasteiger partial charge in [0.15, 0.2) is 0 Å². The molecule has 1 aliphatic carbocycles. The van der Waals surface area contributed by atoms with Crippen molar-refractivity contribution >= 4 is 21.6 Å². The van der Waals surface area contributed by atoms with Crippen LogP contribution in [0, 0.1) is 10.1 Å². The average molecular weight is 360 g/mol. The molecule has 0 spiro atoms. The van der Waals surface area contributed by atoms with Crippen molar-refractivity contribution in [2.75, 3.05) is 6.61 Å². The molecule has 21 heavy (non-hydrogen) atoms. The molecule has 1 atom stereocenters. The highest BCUT2D eigenvalue weighted by molar-refractivity contribution is 9.10. The molecule has 6 nitrogen and oxygen atoms in total. The van der Waals surface area contributed by atoms with Gasteiger partial charge < -0.3 is 14.9 Å². The Morgan fingerprint density at radius 3 is 2.62 bits per heavy atom. The summed E-state index contributed by atoms with van der Waals surface area (Å²) in [5.41, 5.74) is -0.823. The lowest BCUT2D eigenvalue weighted by Crippen LogP contribution is -2.32. The van der Waals surface area contributed by atoms with Crippen molar-refractivity contribution in [3.05, 3.63) is 32.3 Å². The Balaban J connectivity index is 2.33. The Morgan fingerprint density at radius 2 is 2.10 bits per heavy atom. The fourth-order valence-electron chi connectivity index (χ4n) is 2.59. The molecule has 0 aromatic heterocycles. The van der Waals surface area contributed by atoms with Crippen LogP contribution in [0.4, 0.5) is 5.69 Å².